The number of nitrogens with one attached hydrogen (secondary N) is 1. The summed E-state index contributed by atoms with van der Waals surface area (Å²) < 4.78 is 0. The van der Waals surface area contributed by atoms with Gasteiger partial charge in [0.05, 0.1) is 10.7 Å². The predicted octanol–water partition coefficient (Wildman–Crippen LogP) is 4.47. The van der Waals surface area contributed by atoms with Crippen LogP contribution in [0.4, 0.5) is 5.69 Å². The summed E-state index contributed by atoms with van der Waals surface area (Å²) in [5.74, 6) is 2.54. The number of para-hydroxylation sites is 1. The number of hydrogen-bond donors (Lipinski definition) is 2. The molecule has 1 aromatic rings. The third kappa shape index (κ3) is 2.61. The minimum absolute atomic E-state index is 0.111. The summed E-state index contributed by atoms with van der Waals surface area (Å²) in [5.41, 5.74) is 2.12. The molecule has 0 aromatic heterocycles. The largest absolute Gasteiger partial charge is 0.380 e. The van der Waals surface area contributed by atoms with Crippen molar-refractivity contribution in [3.05, 3.63) is 40.4 Å². The van der Waals surface area contributed by atoms with Crippen LogP contribution in [0.25, 0.3) is 0 Å². The van der Waals surface area contributed by atoms with Gasteiger partial charge in [-0.15, -0.1) is 0 Å². The van der Waals surface area contributed by atoms with E-state index < -0.39 is 11.8 Å². The highest BCUT2D eigenvalue weighted by atomic mass is 35.5. The first-order chi connectivity index (χ1) is 13.4. The van der Waals surface area contributed by atoms with Crippen molar-refractivity contribution in [3.8, 4) is 0 Å². The molecule has 4 aliphatic rings. The maximum atomic E-state index is 12.2. The SMILES string of the molecule is CC1=CC2CCCC(C)C2C(C2CN[C@@H]3ON(C)c4c(Cl)cccc4[C@]23O)C1. The van der Waals surface area contributed by atoms with Crippen LogP contribution in [-0.4, -0.2) is 24.9 Å². The lowest BCUT2D eigenvalue weighted by Gasteiger charge is -2.50. The summed E-state index contributed by atoms with van der Waals surface area (Å²) in [5, 5.41) is 18.0. The molecule has 1 saturated carbocycles. The number of nitrogens with zero attached hydrogens (tertiary/aromatic N) is 1. The van der Waals surface area contributed by atoms with Gasteiger partial charge in [-0.1, -0.05) is 55.1 Å². The van der Waals surface area contributed by atoms with Crippen LogP contribution in [0.5, 0.6) is 0 Å². The molecule has 0 spiro atoms. The number of halogens is 1. The number of fused-ring (bicyclic) bond motifs is 4. The second-order valence-electron chi connectivity index (χ2n) is 9.49. The lowest BCUT2D eigenvalue weighted by atomic mass is 9.57. The van der Waals surface area contributed by atoms with Crippen LogP contribution in [0.1, 0.15) is 45.1 Å². The Morgan fingerprint density at radius 2 is 2.14 bits per heavy atom. The fourth-order valence-electron chi connectivity index (χ4n) is 6.81. The minimum atomic E-state index is -1.06. The zero-order valence-corrected chi connectivity index (χ0v) is 17.7. The van der Waals surface area contributed by atoms with Gasteiger partial charge in [0, 0.05) is 25.1 Å². The van der Waals surface area contributed by atoms with Gasteiger partial charge in [0.1, 0.15) is 5.60 Å². The van der Waals surface area contributed by atoms with Gasteiger partial charge >= 0.3 is 0 Å². The summed E-state index contributed by atoms with van der Waals surface area (Å²) in [7, 11) is 1.87. The van der Waals surface area contributed by atoms with Crippen LogP contribution >= 0.6 is 11.6 Å². The van der Waals surface area contributed by atoms with Gasteiger partial charge in [0.2, 0.25) is 0 Å². The van der Waals surface area contributed by atoms with Crippen molar-refractivity contribution in [1.29, 1.82) is 0 Å². The summed E-state index contributed by atoms with van der Waals surface area (Å²) in [6.07, 6.45) is 7.06. The van der Waals surface area contributed by atoms with E-state index in [-0.39, 0.29) is 5.92 Å². The van der Waals surface area contributed by atoms with Gasteiger partial charge in [-0.25, -0.2) is 0 Å². The molecule has 0 amide bonds. The van der Waals surface area contributed by atoms with E-state index in [1.165, 1.54) is 24.8 Å². The molecule has 5 unspecified atom stereocenters. The molecule has 2 aliphatic carbocycles. The molecular formula is C23H31ClN2O2. The number of aliphatic hydroxyl groups is 1. The molecule has 152 valence electrons. The smallest absolute Gasteiger partial charge is 0.169 e. The zero-order valence-electron chi connectivity index (χ0n) is 17.0. The van der Waals surface area contributed by atoms with Crippen LogP contribution in [0, 0.1) is 29.6 Å². The molecule has 5 rings (SSSR count). The molecule has 2 fully saturated rings. The van der Waals surface area contributed by atoms with E-state index in [0.29, 0.717) is 28.7 Å². The molecule has 28 heavy (non-hydrogen) atoms. The number of rotatable bonds is 1. The van der Waals surface area contributed by atoms with Gasteiger partial charge in [0.25, 0.3) is 0 Å². The maximum Gasteiger partial charge on any atom is 0.169 e. The van der Waals surface area contributed by atoms with Crippen molar-refractivity contribution in [2.75, 3.05) is 18.7 Å². The Morgan fingerprint density at radius 1 is 1.32 bits per heavy atom. The van der Waals surface area contributed by atoms with Gasteiger partial charge < -0.3 is 5.11 Å². The third-order valence-electron chi connectivity index (χ3n) is 7.90. The van der Waals surface area contributed by atoms with E-state index in [0.717, 1.165) is 24.2 Å². The first kappa shape index (κ1) is 18.9. The van der Waals surface area contributed by atoms with Gasteiger partial charge in [-0.05, 0) is 49.5 Å². The molecule has 0 radical (unpaired) electrons. The molecule has 7 atom stereocenters. The quantitative estimate of drug-likeness (QED) is 0.680. The van der Waals surface area contributed by atoms with E-state index in [9.17, 15) is 5.11 Å². The number of allylic oxidation sites excluding steroid dienone is 2. The Balaban J connectivity index is 1.60. The average molecular weight is 403 g/mol. The van der Waals surface area contributed by atoms with Crippen molar-refractivity contribution in [1.82, 2.24) is 5.32 Å². The van der Waals surface area contributed by atoms with Crippen LogP contribution < -0.4 is 10.4 Å². The first-order valence-electron chi connectivity index (χ1n) is 10.7. The molecule has 5 heteroatoms. The number of anilines is 1. The topological polar surface area (TPSA) is 44.7 Å². The predicted molar refractivity (Wildman–Crippen MR) is 112 cm³/mol. The van der Waals surface area contributed by atoms with Crippen molar-refractivity contribution in [3.63, 3.8) is 0 Å². The van der Waals surface area contributed by atoms with Crippen molar-refractivity contribution < 1.29 is 9.94 Å². The minimum Gasteiger partial charge on any atom is -0.380 e. The lowest BCUT2D eigenvalue weighted by Crippen LogP contribution is -2.54. The van der Waals surface area contributed by atoms with Crippen LogP contribution in [0.2, 0.25) is 5.02 Å². The third-order valence-corrected chi connectivity index (χ3v) is 8.21. The van der Waals surface area contributed by atoms with Gasteiger partial charge in [-0.3, -0.25) is 15.2 Å². The Labute approximate surface area is 172 Å². The Kier molecular flexibility index (Phi) is 4.55. The Hall–Kier alpha value is -1.07. The number of hydrogen-bond acceptors (Lipinski definition) is 4. The van der Waals surface area contributed by atoms with E-state index in [1.54, 1.807) is 5.06 Å². The van der Waals surface area contributed by atoms with Crippen molar-refractivity contribution >= 4 is 17.3 Å². The fourth-order valence-corrected chi connectivity index (χ4v) is 7.11. The highest BCUT2D eigenvalue weighted by molar-refractivity contribution is 6.33. The van der Waals surface area contributed by atoms with Gasteiger partial charge in [-0.2, -0.15) is 0 Å². The number of hydroxylamine groups is 1. The molecule has 2 heterocycles. The zero-order chi connectivity index (χ0) is 19.6. The van der Waals surface area contributed by atoms with E-state index in [4.69, 9.17) is 16.4 Å². The maximum absolute atomic E-state index is 12.2. The summed E-state index contributed by atoms with van der Waals surface area (Å²) >= 11 is 6.52. The van der Waals surface area contributed by atoms with E-state index in [1.807, 2.05) is 25.2 Å². The molecule has 0 bridgehead atoms. The molecule has 1 saturated heterocycles. The summed E-state index contributed by atoms with van der Waals surface area (Å²) in [4.78, 5) is 6.10. The molecule has 2 N–H and O–H groups in total. The van der Waals surface area contributed by atoms with E-state index in [2.05, 4.69) is 25.2 Å². The highest BCUT2D eigenvalue weighted by Crippen LogP contribution is 2.56. The van der Waals surface area contributed by atoms with Crippen LogP contribution in [-0.2, 0) is 10.4 Å². The summed E-state index contributed by atoms with van der Waals surface area (Å²) in [6.45, 7) is 5.45. The number of benzene rings is 1. The Morgan fingerprint density at radius 3 is 2.96 bits per heavy atom. The van der Waals surface area contributed by atoms with Crippen molar-refractivity contribution in [2.24, 2.45) is 29.6 Å². The van der Waals surface area contributed by atoms with Gasteiger partial charge in [0.15, 0.2) is 6.23 Å². The molecule has 2 aliphatic heterocycles. The monoisotopic (exact) mass is 402 g/mol. The summed E-state index contributed by atoms with van der Waals surface area (Å²) in [6, 6.07) is 5.84. The fraction of sp³-hybridized carbons (Fsp3) is 0.652. The molecule has 1 aromatic carbocycles. The standard InChI is InChI=1S/C23H31ClN2O2/c1-13-10-15-7-4-6-14(2)20(15)16(11-13)18-12-25-22-23(18,27)17-8-5-9-19(24)21(17)26(3)28-22/h5,8-10,14-16,18,20,22,25,27H,4,6-7,11-12H2,1-3H3/t14?,15?,16?,18?,20?,22-,23+/m1/s1. The van der Waals surface area contributed by atoms with Crippen LogP contribution in [0.15, 0.2) is 29.8 Å². The van der Waals surface area contributed by atoms with Crippen molar-refractivity contribution in [2.45, 2.75) is 51.4 Å². The molecular weight excluding hydrogens is 372 g/mol. The van der Waals surface area contributed by atoms with Crippen LogP contribution in [0.3, 0.4) is 0 Å². The van der Waals surface area contributed by atoms with E-state index >= 15 is 0 Å². The first-order valence-corrected chi connectivity index (χ1v) is 11.1. The lowest BCUT2D eigenvalue weighted by molar-refractivity contribution is -0.155. The second kappa shape index (κ2) is 6.73. The second-order valence-corrected chi connectivity index (χ2v) is 9.90. The average Bonchev–Trinajstić information content (AvgIpc) is 2.98. The molecule has 4 nitrogen and oxygen atoms in total. The Bertz CT molecular complexity index is 812. The normalized spacial score (nSPS) is 42.5. The highest BCUT2D eigenvalue weighted by Gasteiger charge is 2.60.